The summed E-state index contributed by atoms with van der Waals surface area (Å²) in [5.74, 6) is -4.99. The molecule has 0 spiro atoms. The smallest absolute Gasteiger partial charge is 0.363 e. The molecule has 4 rings (SSSR count). The summed E-state index contributed by atoms with van der Waals surface area (Å²) in [6, 6.07) is 10.00. The van der Waals surface area contributed by atoms with E-state index in [9.17, 15) is 39.3 Å². The van der Waals surface area contributed by atoms with E-state index in [4.69, 9.17) is 4.74 Å². The predicted molar refractivity (Wildman–Crippen MR) is 160 cm³/mol. The van der Waals surface area contributed by atoms with Crippen LogP contribution in [0.15, 0.2) is 48.5 Å². The molecular formula is C32H37N3O9. The molecule has 2 aliphatic rings. The van der Waals surface area contributed by atoms with Crippen molar-refractivity contribution >= 4 is 41.4 Å². The van der Waals surface area contributed by atoms with Gasteiger partial charge in [0, 0.05) is 30.9 Å². The van der Waals surface area contributed by atoms with E-state index in [2.05, 4.69) is 5.32 Å². The number of hydrogen-bond acceptors (Lipinski definition) is 7. The van der Waals surface area contributed by atoms with Crippen molar-refractivity contribution in [3.63, 3.8) is 0 Å². The van der Waals surface area contributed by atoms with Gasteiger partial charge in [-0.15, -0.1) is 0 Å². The second kappa shape index (κ2) is 12.1. The number of carboxylic acids is 2. The van der Waals surface area contributed by atoms with E-state index in [0.717, 1.165) is 11.3 Å². The Bertz CT molecular complexity index is 1510. The number of aryl methyl sites for hydroxylation is 1. The molecule has 0 bridgehead atoms. The molecule has 2 aromatic carbocycles. The zero-order chi connectivity index (χ0) is 32.6. The second-order valence-corrected chi connectivity index (χ2v) is 12.2. The van der Waals surface area contributed by atoms with E-state index in [1.54, 1.807) is 11.9 Å². The molecule has 2 heterocycles. The number of nitrogens with one attached hydrogen (secondary N) is 1. The normalized spacial score (nSPS) is 19.6. The topological polar surface area (TPSA) is 174 Å². The molecule has 1 saturated heterocycles. The van der Waals surface area contributed by atoms with Crippen LogP contribution in [-0.2, 0) is 24.0 Å². The van der Waals surface area contributed by atoms with Crippen LogP contribution in [0.5, 0.6) is 5.75 Å². The quantitative estimate of drug-likeness (QED) is 0.260. The summed E-state index contributed by atoms with van der Waals surface area (Å²) in [6.07, 6.45) is 1.72. The van der Waals surface area contributed by atoms with Crippen molar-refractivity contribution in [1.29, 1.82) is 0 Å². The Morgan fingerprint density at radius 2 is 1.77 bits per heavy atom. The highest BCUT2D eigenvalue weighted by atomic mass is 16.6. The highest BCUT2D eigenvalue weighted by Gasteiger charge is 2.61. The Kier molecular flexibility index (Phi) is 8.87. The molecule has 44 heavy (non-hydrogen) atoms. The number of aliphatic hydroxyl groups excluding tert-OH is 1. The lowest BCUT2D eigenvalue weighted by molar-refractivity contribution is -0.180. The van der Waals surface area contributed by atoms with Crippen molar-refractivity contribution in [3.05, 3.63) is 65.2 Å². The maximum Gasteiger partial charge on any atom is 0.363 e. The molecule has 0 radical (unpaired) electrons. The summed E-state index contributed by atoms with van der Waals surface area (Å²) in [7, 11) is 1.68. The van der Waals surface area contributed by atoms with Gasteiger partial charge in [-0.25, -0.2) is 9.59 Å². The highest BCUT2D eigenvalue weighted by Crippen LogP contribution is 2.44. The van der Waals surface area contributed by atoms with Crippen LogP contribution in [0.3, 0.4) is 0 Å². The van der Waals surface area contributed by atoms with Crippen LogP contribution in [0.2, 0.25) is 0 Å². The first-order valence-electron chi connectivity index (χ1n) is 14.2. The number of likely N-dealkylation sites (tertiary alicyclic amines) is 1. The van der Waals surface area contributed by atoms with Gasteiger partial charge in [-0.2, -0.15) is 0 Å². The zero-order valence-electron chi connectivity index (χ0n) is 25.2. The minimum Gasteiger partial charge on any atom is -0.478 e. The number of aliphatic hydroxyl groups is 1. The summed E-state index contributed by atoms with van der Waals surface area (Å²) < 4.78 is 5.12. The van der Waals surface area contributed by atoms with Gasteiger partial charge < -0.3 is 35.2 Å². The van der Waals surface area contributed by atoms with E-state index in [0.29, 0.717) is 24.9 Å². The van der Waals surface area contributed by atoms with E-state index in [1.165, 1.54) is 35.3 Å². The molecule has 3 atom stereocenters. The van der Waals surface area contributed by atoms with Crippen molar-refractivity contribution in [3.8, 4) is 5.75 Å². The van der Waals surface area contributed by atoms with Gasteiger partial charge in [-0.05, 0) is 66.6 Å². The predicted octanol–water partition coefficient (Wildman–Crippen LogP) is 2.53. The third-order valence-electron chi connectivity index (χ3n) is 7.99. The first-order chi connectivity index (χ1) is 20.6. The maximum absolute atomic E-state index is 13.8. The molecule has 2 aliphatic heterocycles. The minimum absolute atomic E-state index is 0.0551. The first kappa shape index (κ1) is 32.2. The van der Waals surface area contributed by atoms with Crippen molar-refractivity contribution in [2.45, 2.75) is 64.3 Å². The number of nitrogens with zero attached hydrogens (tertiary/aromatic N) is 2. The maximum atomic E-state index is 13.8. The second-order valence-electron chi connectivity index (χ2n) is 12.2. The van der Waals surface area contributed by atoms with Gasteiger partial charge in [-0.1, -0.05) is 39.0 Å². The van der Waals surface area contributed by atoms with Gasteiger partial charge in [0.1, 0.15) is 23.9 Å². The largest absolute Gasteiger partial charge is 0.478 e. The molecule has 0 saturated carbocycles. The summed E-state index contributed by atoms with van der Waals surface area (Å²) >= 11 is 0. The number of anilines is 1. The number of likely N-dealkylation sites (N-methyl/N-ethyl adjacent to an activating group) is 1. The summed E-state index contributed by atoms with van der Waals surface area (Å²) in [5, 5.41) is 32.2. The number of fused-ring (bicyclic) bond motifs is 1. The van der Waals surface area contributed by atoms with Gasteiger partial charge in [0.2, 0.25) is 17.7 Å². The van der Waals surface area contributed by atoms with Crippen LogP contribution in [0.1, 0.15) is 56.4 Å². The van der Waals surface area contributed by atoms with E-state index in [1.807, 2.05) is 52.0 Å². The lowest BCUT2D eigenvalue weighted by Crippen LogP contribution is -2.57. The number of hydrogen-bond donors (Lipinski definition) is 4. The number of benzene rings is 2. The average Bonchev–Trinajstić information content (AvgIpc) is 3.56. The Morgan fingerprint density at radius 3 is 2.39 bits per heavy atom. The Hall–Kier alpha value is -4.71. The first-order valence-corrected chi connectivity index (χ1v) is 14.2. The minimum atomic E-state index is -2.88. The summed E-state index contributed by atoms with van der Waals surface area (Å²) in [6.45, 7) is 7.74. The molecular weight excluding hydrogens is 570 g/mol. The standard InChI is InChI=1S/C32H37N3O9/c1-18-8-6-9-20(16-18)34(5)27(38)22-10-7-15-35(22)28(39)25(31(2,3)4)33-24(36)14-12-19-11-13-23-21(17-19)26(37)32(44-23,29(40)41)30(42)43/h6,8-9,11-14,16-17,22,25-26,37H,7,10,15H2,1-5H3,(H,33,36)(H,40,41)(H,42,43)/t22-,25+,26?/m0/s1. The summed E-state index contributed by atoms with van der Waals surface area (Å²) in [4.78, 5) is 66.8. The third-order valence-corrected chi connectivity index (χ3v) is 7.99. The van der Waals surface area contributed by atoms with Crippen LogP contribution in [0.25, 0.3) is 6.08 Å². The van der Waals surface area contributed by atoms with Crippen molar-refractivity contribution in [2.24, 2.45) is 5.41 Å². The number of rotatable bonds is 8. The van der Waals surface area contributed by atoms with Gasteiger partial charge >= 0.3 is 17.5 Å². The van der Waals surface area contributed by atoms with Gasteiger partial charge in [0.15, 0.2) is 0 Å². The van der Waals surface area contributed by atoms with Gasteiger partial charge in [0.05, 0.1) is 0 Å². The molecule has 234 valence electrons. The molecule has 12 nitrogen and oxygen atoms in total. The Labute approximate surface area is 254 Å². The fourth-order valence-corrected chi connectivity index (χ4v) is 5.49. The van der Waals surface area contributed by atoms with Gasteiger partial charge in [-0.3, -0.25) is 14.4 Å². The van der Waals surface area contributed by atoms with Crippen molar-refractivity contribution < 1.29 is 44.0 Å². The van der Waals surface area contributed by atoms with Gasteiger partial charge in [0.25, 0.3) is 0 Å². The lowest BCUT2D eigenvalue weighted by atomic mass is 9.85. The molecule has 2 aromatic rings. The molecule has 1 fully saturated rings. The number of carbonyl (C=O) groups is 5. The molecule has 4 N–H and O–H groups in total. The van der Waals surface area contributed by atoms with Crippen molar-refractivity contribution in [2.75, 3.05) is 18.5 Å². The third kappa shape index (κ3) is 6.02. The molecule has 0 aliphatic carbocycles. The monoisotopic (exact) mass is 607 g/mol. The number of aliphatic carboxylic acids is 2. The number of amides is 3. The fraction of sp³-hybridized carbons (Fsp3) is 0.406. The Balaban J connectivity index is 1.49. The van der Waals surface area contributed by atoms with Crippen LogP contribution < -0.4 is 15.0 Å². The van der Waals surface area contributed by atoms with E-state index >= 15 is 0 Å². The van der Waals surface area contributed by atoms with E-state index < -0.39 is 47.0 Å². The molecule has 0 aromatic heterocycles. The van der Waals surface area contributed by atoms with Crippen LogP contribution in [0, 0.1) is 12.3 Å². The molecule has 1 unspecified atom stereocenters. The molecule has 12 heteroatoms. The number of carboxylic acid groups (broad SMARTS) is 2. The Morgan fingerprint density at radius 1 is 1.09 bits per heavy atom. The van der Waals surface area contributed by atoms with E-state index in [-0.39, 0.29) is 23.1 Å². The SMILES string of the molecule is Cc1cccc(N(C)C(=O)[C@@H]2CCCN2C(=O)[C@@H](NC(=O)C=Cc2ccc3c(c2)C(O)C(C(=O)O)(C(=O)O)O3)C(C)(C)C)c1. The van der Waals surface area contributed by atoms with Crippen LogP contribution in [0.4, 0.5) is 5.69 Å². The average molecular weight is 608 g/mol. The van der Waals surface area contributed by atoms with Crippen LogP contribution >= 0.6 is 0 Å². The fourth-order valence-electron chi connectivity index (χ4n) is 5.49. The lowest BCUT2D eigenvalue weighted by Gasteiger charge is -2.36. The highest BCUT2D eigenvalue weighted by molar-refractivity contribution is 6.04. The number of ether oxygens (including phenoxy) is 1. The van der Waals surface area contributed by atoms with Crippen molar-refractivity contribution in [1.82, 2.24) is 10.2 Å². The zero-order valence-corrected chi connectivity index (χ0v) is 25.2. The molecule has 3 amide bonds. The number of carbonyl (C=O) groups excluding carboxylic acids is 3. The summed E-state index contributed by atoms with van der Waals surface area (Å²) in [5.41, 5.74) is -1.56. The van der Waals surface area contributed by atoms with Crippen LogP contribution in [-0.4, -0.2) is 81.2 Å².